The van der Waals surface area contributed by atoms with Crippen LogP contribution in [0.15, 0.2) is 52.9 Å². The molecule has 1 N–H and O–H groups in total. The normalized spacial score (nSPS) is 12.1. The van der Waals surface area contributed by atoms with Gasteiger partial charge in [0.2, 0.25) is 11.8 Å². The van der Waals surface area contributed by atoms with Crippen LogP contribution >= 0.6 is 0 Å². The molecule has 1 atom stereocenters. The number of rotatable bonds is 4. The summed E-state index contributed by atoms with van der Waals surface area (Å²) in [6.45, 7) is 6.13. The summed E-state index contributed by atoms with van der Waals surface area (Å²) in [6, 6.07) is 16.2. The molecule has 0 radical (unpaired) electrons. The van der Waals surface area contributed by atoms with Crippen LogP contribution in [-0.4, -0.2) is 10.2 Å². The van der Waals surface area contributed by atoms with Crippen LogP contribution in [-0.2, 0) is 0 Å². The molecule has 0 aliphatic carbocycles. The smallest absolute Gasteiger partial charge is 0.247 e. The van der Waals surface area contributed by atoms with Crippen LogP contribution in [0, 0.1) is 13.8 Å². The number of anilines is 1. The van der Waals surface area contributed by atoms with Gasteiger partial charge < -0.3 is 9.73 Å². The Morgan fingerprint density at radius 1 is 0.864 bits per heavy atom. The Bertz CT molecular complexity index is 745. The van der Waals surface area contributed by atoms with Crippen molar-refractivity contribution in [1.82, 2.24) is 10.2 Å². The highest BCUT2D eigenvalue weighted by Crippen LogP contribution is 2.23. The molecule has 2 aromatic carbocycles. The Morgan fingerprint density at radius 2 is 1.45 bits per heavy atom. The van der Waals surface area contributed by atoms with Gasteiger partial charge in [-0.25, -0.2) is 0 Å². The summed E-state index contributed by atoms with van der Waals surface area (Å²) in [5.41, 5.74) is 4.41. The molecule has 0 fully saturated rings. The summed E-state index contributed by atoms with van der Waals surface area (Å²) in [6.07, 6.45) is 0. The second-order valence-electron chi connectivity index (χ2n) is 5.54. The van der Waals surface area contributed by atoms with Gasteiger partial charge in [-0.15, -0.1) is 10.2 Å². The molecule has 22 heavy (non-hydrogen) atoms. The first-order chi connectivity index (χ1) is 10.6. The standard InChI is InChI=1S/C18H19N3O/c1-12-4-8-15(9-5-12)18-21-20-17(22-18)14(3)19-16-10-6-13(2)7-11-16/h4-11,14,19H,1-3H3/t14-/m0/s1. The van der Waals surface area contributed by atoms with E-state index in [0.29, 0.717) is 11.8 Å². The van der Waals surface area contributed by atoms with Gasteiger partial charge in [0.25, 0.3) is 0 Å². The lowest BCUT2D eigenvalue weighted by Crippen LogP contribution is -2.06. The van der Waals surface area contributed by atoms with Gasteiger partial charge in [0, 0.05) is 11.3 Å². The molecule has 0 spiro atoms. The maximum atomic E-state index is 5.78. The summed E-state index contributed by atoms with van der Waals surface area (Å²) >= 11 is 0. The van der Waals surface area contributed by atoms with Gasteiger partial charge in [0.15, 0.2) is 0 Å². The molecule has 112 valence electrons. The third-order valence-corrected chi connectivity index (χ3v) is 3.54. The summed E-state index contributed by atoms with van der Waals surface area (Å²) in [5.74, 6) is 1.13. The highest BCUT2D eigenvalue weighted by Gasteiger charge is 2.14. The first-order valence-corrected chi connectivity index (χ1v) is 7.35. The largest absolute Gasteiger partial charge is 0.418 e. The predicted molar refractivity (Wildman–Crippen MR) is 87.7 cm³/mol. The molecule has 3 rings (SSSR count). The molecule has 3 aromatic rings. The monoisotopic (exact) mass is 293 g/mol. The van der Waals surface area contributed by atoms with Crippen LogP contribution in [0.3, 0.4) is 0 Å². The van der Waals surface area contributed by atoms with Crippen LogP contribution in [0.2, 0.25) is 0 Å². The van der Waals surface area contributed by atoms with E-state index in [0.717, 1.165) is 11.3 Å². The maximum absolute atomic E-state index is 5.78. The molecule has 1 heterocycles. The van der Waals surface area contributed by atoms with Crippen molar-refractivity contribution in [3.63, 3.8) is 0 Å². The minimum Gasteiger partial charge on any atom is -0.418 e. The lowest BCUT2D eigenvalue weighted by molar-refractivity contribution is 0.485. The molecular weight excluding hydrogens is 274 g/mol. The number of hydrogen-bond donors (Lipinski definition) is 1. The molecule has 0 saturated carbocycles. The fraction of sp³-hybridized carbons (Fsp3) is 0.222. The Hall–Kier alpha value is -2.62. The van der Waals surface area contributed by atoms with Crippen molar-refractivity contribution in [3.8, 4) is 11.5 Å². The number of aromatic nitrogens is 2. The zero-order valence-electron chi connectivity index (χ0n) is 13.0. The number of benzene rings is 2. The minimum atomic E-state index is -0.0468. The topological polar surface area (TPSA) is 51.0 Å². The predicted octanol–water partition coefficient (Wildman–Crippen LogP) is 4.53. The quantitative estimate of drug-likeness (QED) is 0.768. The number of nitrogens with zero attached hydrogens (tertiary/aromatic N) is 2. The molecule has 4 heteroatoms. The van der Waals surface area contributed by atoms with Gasteiger partial charge in [-0.3, -0.25) is 0 Å². The van der Waals surface area contributed by atoms with E-state index in [1.54, 1.807) is 0 Å². The van der Waals surface area contributed by atoms with Gasteiger partial charge in [0.1, 0.15) is 6.04 Å². The van der Waals surface area contributed by atoms with Crippen LogP contribution < -0.4 is 5.32 Å². The Balaban J connectivity index is 1.75. The van der Waals surface area contributed by atoms with E-state index in [2.05, 4.69) is 41.5 Å². The minimum absolute atomic E-state index is 0.0468. The second-order valence-corrected chi connectivity index (χ2v) is 5.54. The molecular formula is C18H19N3O. The average Bonchev–Trinajstić information content (AvgIpc) is 3.00. The van der Waals surface area contributed by atoms with Crippen LogP contribution in [0.4, 0.5) is 5.69 Å². The van der Waals surface area contributed by atoms with E-state index in [1.165, 1.54) is 11.1 Å². The van der Waals surface area contributed by atoms with Gasteiger partial charge in [-0.1, -0.05) is 35.4 Å². The first kappa shape index (κ1) is 14.3. The van der Waals surface area contributed by atoms with Crippen LogP contribution in [0.5, 0.6) is 0 Å². The van der Waals surface area contributed by atoms with Crippen molar-refractivity contribution < 1.29 is 4.42 Å². The summed E-state index contributed by atoms with van der Waals surface area (Å²) in [7, 11) is 0. The van der Waals surface area contributed by atoms with Gasteiger partial charge in [-0.2, -0.15) is 0 Å². The molecule has 1 aromatic heterocycles. The van der Waals surface area contributed by atoms with E-state index in [1.807, 2.05) is 43.3 Å². The van der Waals surface area contributed by atoms with Crippen molar-refractivity contribution in [3.05, 3.63) is 65.5 Å². The lowest BCUT2D eigenvalue weighted by atomic mass is 10.1. The third kappa shape index (κ3) is 3.17. The van der Waals surface area contributed by atoms with Gasteiger partial charge in [-0.05, 0) is 45.0 Å². The van der Waals surface area contributed by atoms with Gasteiger partial charge in [0.05, 0.1) is 0 Å². The van der Waals surface area contributed by atoms with E-state index in [-0.39, 0.29) is 6.04 Å². The van der Waals surface area contributed by atoms with E-state index >= 15 is 0 Å². The molecule has 0 aliphatic rings. The maximum Gasteiger partial charge on any atom is 0.247 e. The molecule has 0 aliphatic heterocycles. The number of nitrogens with one attached hydrogen (secondary N) is 1. The summed E-state index contributed by atoms with van der Waals surface area (Å²) < 4.78 is 5.78. The highest BCUT2D eigenvalue weighted by atomic mass is 16.4. The van der Waals surface area contributed by atoms with Crippen LogP contribution in [0.25, 0.3) is 11.5 Å². The lowest BCUT2D eigenvalue weighted by Gasteiger charge is -2.11. The number of aryl methyl sites for hydroxylation is 2. The average molecular weight is 293 g/mol. The van der Waals surface area contributed by atoms with Crippen molar-refractivity contribution in [2.24, 2.45) is 0 Å². The first-order valence-electron chi connectivity index (χ1n) is 7.35. The summed E-state index contributed by atoms with van der Waals surface area (Å²) in [5, 5.41) is 11.6. The highest BCUT2D eigenvalue weighted by molar-refractivity contribution is 5.53. The molecule has 0 bridgehead atoms. The Labute approximate surface area is 130 Å². The van der Waals surface area contributed by atoms with Crippen molar-refractivity contribution in [2.45, 2.75) is 26.8 Å². The van der Waals surface area contributed by atoms with Crippen molar-refractivity contribution in [1.29, 1.82) is 0 Å². The molecule has 0 amide bonds. The summed E-state index contributed by atoms with van der Waals surface area (Å²) in [4.78, 5) is 0. The Kier molecular flexibility index (Phi) is 3.92. The van der Waals surface area contributed by atoms with Crippen LogP contribution in [0.1, 0.15) is 30.0 Å². The van der Waals surface area contributed by atoms with E-state index in [9.17, 15) is 0 Å². The molecule has 0 saturated heterocycles. The fourth-order valence-corrected chi connectivity index (χ4v) is 2.18. The second kappa shape index (κ2) is 6.02. The molecule has 0 unspecified atom stereocenters. The SMILES string of the molecule is Cc1ccc(N[C@@H](C)c2nnc(-c3ccc(C)cc3)o2)cc1. The van der Waals surface area contributed by atoms with Crippen molar-refractivity contribution in [2.75, 3.05) is 5.32 Å². The fourth-order valence-electron chi connectivity index (χ4n) is 2.18. The third-order valence-electron chi connectivity index (χ3n) is 3.54. The number of hydrogen-bond acceptors (Lipinski definition) is 4. The van der Waals surface area contributed by atoms with Crippen molar-refractivity contribution >= 4 is 5.69 Å². The molecule has 4 nitrogen and oxygen atoms in total. The Morgan fingerprint density at radius 3 is 2.09 bits per heavy atom. The van der Waals surface area contributed by atoms with E-state index < -0.39 is 0 Å². The zero-order chi connectivity index (χ0) is 15.5. The van der Waals surface area contributed by atoms with E-state index in [4.69, 9.17) is 4.42 Å². The van der Waals surface area contributed by atoms with Gasteiger partial charge >= 0.3 is 0 Å². The zero-order valence-corrected chi connectivity index (χ0v) is 13.0.